The van der Waals surface area contributed by atoms with Crippen LogP contribution in [0.1, 0.15) is 42.4 Å². The van der Waals surface area contributed by atoms with E-state index in [0.717, 1.165) is 36.8 Å². The summed E-state index contributed by atoms with van der Waals surface area (Å²) in [7, 11) is 0. The fraction of sp³-hybridized carbons (Fsp3) is 0.333. The van der Waals surface area contributed by atoms with Crippen LogP contribution in [0.4, 0.5) is 5.69 Å². The Hall–Kier alpha value is -2.62. The second-order valence-electron chi connectivity index (χ2n) is 6.88. The molecule has 1 aliphatic carbocycles. The first-order valence-electron chi connectivity index (χ1n) is 8.69. The Morgan fingerprint density at radius 1 is 1.08 bits per heavy atom. The number of rotatable bonds is 5. The second-order valence-corrected chi connectivity index (χ2v) is 6.88. The maximum Gasteiger partial charge on any atom is 0.307 e. The van der Waals surface area contributed by atoms with E-state index in [2.05, 4.69) is 11.4 Å². The molecule has 1 aliphatic rings. The van der Waals surface area contributed by atoms with Gasteiger partial charge >= 0.3 is 5.97 Å². The predicted octanol–water partition coefficient (Wildman–Crippen LogP) is 4.07. The number of carbonyl (C=O) groups is 2. The lowest BCUT2D eigenvalue weighted by atomic mass is 9.77. The molecule has 130 valence electrons. The second kappa shape index (κ2) is 7.09. The van der Waals surface area contributed by atoms with E-state index in [9.17, 15) is 9.59 Å². The van der Waals surface area contributed by atoms with Crippen molar-refractivity contribution in [2.45, 2.75) is 44.4 Å². The van der Waals surface area contributed by atoms with Gasteiger partial charge in [-0.3, -0.25) is 9.59 Å². The monoisotopic (exact) mass is 337 g/mol. The van der Waals surface area contributed by atoms with E-state index in [1.165, 1.54) is 0 Å². The van der Waals surface area contributed by atoms with E-state index in [0.29, 0.717) is 11.3 Å². The van der Waals surface area contributed by atoms with Crippen molar-refractivity contribution >= 4 is 17.6 Å². The highest BCUT2D eigenvalue weighted by Gasteiger charge is 2.42. The van der Waals surface area contributed by atoms with Gasteiger partial charge < -0.3 is 10.4 Å². The van der Waals surface area contributed by atoms with Crippen molar-refractivity contribution in [3.63, 3.8) is 0 Å². The molecule has 1 amide bonds. The molecule has 1 saturated carbocycles. The van der Waals surface area contributed by atoms with Crippen LogP contribution >= 0.6 is 0 Å². The third kappa shape index (κ3) is 3.73. The van der Waals surface area contributed by atoms with Gasteiger partial charge in [0.25, 0.3) is 0 Å². The topological polar surface area (TPSA) is 66.4 Å². The van der Waals surface area contributed by atoms with Gasteiger partial charge in [-0.25, -0.2) is 0 Å². The zero-order chi connectivity index (χ0) is 17.9. The van der Waals surface area contributed by atoms with Crippen molar-refractivity contribution in [3.05, 3.63) is 65.2 Å². The number of carboxylic acids is 1. The van der Waals surface area contributed by atoms with Gasteiger partial charge in [0, 0.05) is 5.69 Å². The number of anilines is 1. The molecular formula is C21H23NO3. The van der Waals surface area contributed by atoms with Crippen molar-refractivity contribution in [3.8, 4) is 0 Å². The van der Waals surface area contributed by atoms with E-state index in [4.69, 9.17) is 5.11 Å². The average molecular weight is 337 g/mol. The highest BCUT2D eigenvalue weighted by Crippen LogP contribution is 2.42. The zero-order valence-electron chi connectivity index (χ0n) is 14.4. The minimum absolute atomic E-state index is 0.00285. The van der Waals surface area contributed by atoms with Gasteiger partial charge in [-0.2, -0.15) is 0 Å². The number of amides is 1. The summed E-state index contributed by atoms with van der Waals surface area (Å²) in [5.41, 5.74) is 3.07. The Morgan fingerprint density at radius 3 is 2.48 bits per heavy atom. The summed E-state index contributed by atoms with van der Waals surface area (Å²) >= 11 is 0. The first-order chi connectivity index (χ1) is 12.0. The quantitative estimate of drug-likeness (QED) is 0.864. The van der Waals surface area contributed by atoms with E-state index >= 15 is 0 Å². The number of aryl methyl sites for hydroxylation is 1. The van der Waals surface area contributed by atoms with Gasteiger partial charge in [0.1, 0.15) is 0 Å². The summed E-state index contributed by atoms with van der Waals surface area (Å²) in [4.78, 5) is 24.0. The third-order valence-corrected chi connectivity index (χ3v) is 5.00. The Balaban J connectivity index is 1.86. The Morgan fingerprint density at radius 2 is 1.80 bits per heavy atom. The zero-order valence-corrected chi connectivity index (χ0v) is 14.4. The molecular weight excluding hydrogens is 314 g/mol. The van der Waals surface area contributed by atoms with Gasteiger partial charge in [-0.1, -0.05) is 54.8 Å². The summed E-state index contributed by atoms with van der Waals surface area (Å²) in [6.45, 7) is 2.04. The Labute approximate surface area is 147 Å². The molecule has 0 heterocycles. The van der Waals surface area contributed by atoms with Gasteiger partial charge in [0.15, 0.2) is 0 Å². The molecule has 25 heavy (non-hydrogen) atoms. The van der Waals surface area contributed by atoms with Crippen LogP contribution in [0.2, 0.25) is 0 Å². The molecule has 4 heteroatoms. The smallest absolute Gasteiger partial charge is 0.307 e. The molecule has 1 fully saturated rings. The molecule has 2 N–H and O–H groups in total. The summed E-state index contributed by atoms with van der Waals surface area (Å²) in [5.74, 6) is -0.876. The van der Waals surface area contributed by atoms with Crippen molar-refractivity contribution < 1.29 is 14.7 Å². The third-order valence-electron chi connectivity index (χ3n) is 5.00. The van der Waals surface area contributed by atoms with Crippen LogP contribution in [0.15, 0.2) is 48.5 Å². The molecule has 3 rings (SSSR count). The summed E-state index contributed by atoms with van der Waals surface area (Å²) in [6.07, 6.45) is 3.72. The first kappa shape index (κ1) is 17.2. The highest BCUT2D eigenvalue weighted by molar-refractivity contribution is 5.99. The number of nitrogens with one attached hydrogen (secondary N) is 1. The summed E-state index contributed by atoms with van der Waals surface area (Å²) < 4.78 is 0. The van der Waals surface area contributed by atoms with Crippen molar-refractivity contribution in [1.29, 1.82) is 0 Å². The Bertz CT molecular complexity index is 791. The lowest BCUT2D eigenvalue weighted by Gasteiger charge is -2.28. The molecule has 0 aliphatic heterocycles. The Kier molecular flexibility index (Phi) is 4.88. The normalized spacial score (nSPS) is 15.7. The molecule has 2 aromatic rings. The molecule has 4 nitrogen and oxygen atoms in total. The van der Waals surface area contributed by atoms with Crippen molar-refractivity contribution in [2.75, 3.05) is 5.32 Å². The van der Waals surface area contributed by atoms with E-state index < -0.39 is 11.4 Å². The summed E-state index contributed by atoms with van der Waals surface area (Å²) in [6, 6.07) is 15.3. The number of hydrogen-bond acceptors (Lipinski definition) is 2. The summed E-state index contributed by atoms with van der Waals surface area (Å²) in [5, 5.41) is 12.0. The molecule has 0 aromatic heterocycles. The van der Waals surface area contributed by atoms with Gasteiger partial charge in [0.2, 0.25) is 5.91 Å². The fourth-order valence-electron chi connectivity index (χ4n) is 3.75. The molecule has 2 aromatic carbocycles. The van der Waals surface area contributed by atoms with Crippen LogP contribution in [0.25, 0.3) is 0 Å². The predicted molar refractivity (Wildman–Crippen MR) is 97.7 cm³/mol. The van der Waals surface area contributed by atoms with Gasteiger partial charge in [-0.05, 0) is 43.0 Å². The van der Waals surface area contributed by atoms with Crippen LogP contribution < -0.4 is 5.32 Å². The molecule has 0 unspecified atom stereocenters. The molecule has 0 radical (unpaired) electrons. The van der Waals surface area contributed by atoms with Crippen LogP contribution in [0.5, 0.6) is 0 Å². The van der Waals surface area contributed by atoms with Crippen LogP contribution in [-0.4, -0.2) is 17.0 Å². The maximum absolute atomic E-state index is 13.2. The standard InChI is InChI=1S/C21H23NO3/c1-15-6-4-8-17(12-15)21(10-2-3-11-21)20(25)22-18-9-5-7-16(13-18)14-19(23)24/h4-9,12-13H,2-3,10-11,14H2,1H3,(H,22,25)(H,23,24). The lowest BCUT2D eigenvalue weighted by Crippen LogP contribution is -2.38. The maximum atomic E-state index is 13.2. The van der Waals surface area contributed by atoms with Gasteiger partial charge in [-0.15, -0.1) is 0 Å². The molecule has 0 saturated heterocycles. The van der Waals surface area contributed by atoms with E-state index in [1.54, 1.807) is 18.2 Å². The number of carbonyl (C=O) groups excluding carboxylic acids is 1. The number of benzene rings is 2. The largest absolute Gasteiger partial charge is 0.481 e. The van der Waals surface area contributed by atoms with Gasteiger partial charge in [0.05, 0.1) is 11.8 Å². The van der Waals surface area contributed by atoms with E-state index in [1.807, 2.05) is 31.2 Å². The average Bonchev–Trinajstić information content (AvgIpc) is 3.05. The van der Waals surface area contributed by atoms with Crippen LogP contribution in [-0.2, 0) is 21.4 Å². The van der Waals surface area contributed by atoms with Crippen LogP contribution in [0.3, 0.4) is 0 Å². The number of hydrogen-bond donors (Lipinski definition) is 2. The highest BCUT2D eigenvalue weighted by atomic mass is 16.4. The van der Waals surface area contributed by atoms with Crippen molar-refractivity contribution in [1.82, 2.24) is 0 Å². The SMILES string of the molecule is Cc1cccc(C2(C(=O)Nc3cccc(CC(=O)O)c3)CCCC2)c1. The van der Waals surface area contributed by atoms with Crippen molar-refractivity contribution in [2.24, 2.45) is 0 Å². The van der Waals surface area contributed by atoms with E-state index in [-0.39, 0.29) is 12.3 Å². The van der Waals surface area contributed by atoms with Crippen LogP contribution in [0, 0.1) is 6.92 Å². The minimum Gasteiger partial charge on any atom is -0.481 e. The molecule has 0 atom stereocenters. The first-order valence-corrected chi connectivity index (χ1v) is 8.69. The molecule has 0 bridgehead atoms. The lowest BCUT2D eigenvalue weighted by molar-refractivity contribution is -0.136. The minimum atomic E-state index is -0.879. The number of carboxylic acid groups (broad SMARTS) is 1. The molecule has 0 spiro atoms. The number of aliphatic carboxylic acids is 1. The fourth-order valence-corrected chi connectivity index (χ4v) is 3.75.